The molecule has 1 saturated carbocycles. The highest BCUT2D eigenvalue weighted by Crippen LogP contribution is 2.31. The van der Waals surface area contributed by atoms with Crippen molar-refractivity contribution in [3.05, 3.63) is 42.2 Å². The van der Waals surface area contributed by atoms with Gasteiger partial charge in [0.05, 0.1) is 7.11 Å². The van der Waals surface area contributed by atoms with Crippen molar-refractivity contribution < 1.29 is 4.74 Å². The molecule has 1 aliphatic rings. The molecule has 2 aromatic rings. The third-order valence-corrected chi connectivity index (χ3v) is 4.24. The number of benzene rings is 1. The minimum absolute atomic E-state index is 0.635. The minimum Gasteiger partial charge on any atom is -0.497 e. The summed E-state index contributed by atoms with van der Waals surface area (Å²) in [5, 5.41) is 3.47. The van der Waals surface area contributed by atoms with E-state index in [9.17, 15) is 0 Å². The van der Waals surface area contributed by atoms with Crippen molar-refractivity contribution in [3.63, 3.8) is 0 Å². The Bertz CT molecular complexity index is 556. The fraction of sp³-hybridized carbons (Fsp3) is 0.471. The van der Waals surface area contributed by atoms with E-state index in [0.29, 0.717) is 6.04 Å². The smallest absolute Gasteiger partial charge is 0.203 e. The van der Waals surface area contributed by atoms with E-state index in [0.717, 1.165) is 24.7 Å². The second kappa shape index (κ2) is 6.66. The van der Waals surface area contributed by atoms with Gasteiger partial charge in [0.25, 0.3) is 0 Å². The molecule has 0 radical (unpaired) electrons. The second-order valence-electron chi connectivity index (χ2n) is 5.62. The highest BCUT2D eigenvalue weighted by molar-refractivity contribution is 5.30. The molecule has 21 heavy (non-hydrogen) atoms. The Morgan fingerprint density at radius 1 is 1.24 bits per heavy atom. The molecule has 0 atom stereocenters. The van der Waals surface area contributed by atoms with Crippen LogP contribution in [0, 0.1) is 0 Å². The Kier molecular flexibility index (Phi) is 4.43. The van der Waals surface area contributed by atoms with E-state index >= 15 is 0 Å². The monoisotopic (exact) mass is 285 g/mol. The molecular formula is C17H23N3O. The highest BCUT2D eigenvalue weighted by Gasteiger charge is 2.18. The Labute approximate surface area is 126 Å². The maximum atomic E-state index is 5.18. The summed E-state index contributed by atoms with van der Waals surface area (Å²) >= 11 is 0. The van der Waals surface area contributed by atoms with Gasteiger partial charge in [-0.2, -0.15) is 0 Å². The lowest BCUT2D eigenvalue weighted by Gasteiger charge is -2.15. The van der Waals surface area contributed by atoms with Gasteiger partial charge >= 0.3 is 0 Å². The SMILES string of the molecule is COc1ccc(CCNc2nccn2C2CCCC2)cc1. The zero-order valence-electron chi connectivity index (χ0n) is 12.6. The maximum absolute atomic E-state index is 5.18. The van der Waals surface area contributed by atoms with Gasteiger partial charge in [-0.25, -0.2) is 4.98 Å². The summed E-state index contributed by atoms with van der Waals surface area (Å²) < 4.78 is 7.48. The zero-order valence-corrected chi connectivity index (χ0v) is 12.6. The molecular weight excluding hydrogens is 262 g/mol. The minimum atomic E-state index is 0.635. The quantitative estimate of drug-likeness (QED) is 0.880. The van der Waals surface area contributed by atoms with Gasteiger partial charge in [-0.1, -0.05) is 25.0 Å². The summed E-state index contributed by atoms with van der Waals surface area (Å²) in [5.41, 5.74) is 1.31. The Hall–Kier alpha value is -1.97. The van der Waals surface area contributed by atoms with Crippen LogP contribution >= 0.6 is 0 Å². The van der Waals surface area contributed by atoms with Crippen LogP contribution in [0.1, 0.15) is 37.3 Å². The molecule has 0 aliphatic heterocycles. The lowest BCUT2D eigenvalue weighted by Crippen LogP contribution is -2.13. The molecule has 1 aliphatic carbocycles. The fourth-order valence-electron chi connectivity index (χ4n) is 3.04. The van der Waals surface area contributed by atoms with E-state index in [-0.39, 0.29) is 0 Å². The molecule has 1 heterocycles. The number of anilines is 1. The highest BCUT2D eigenvalue weighted by atomic mass is 16.5. The summed E-state index contributed by atoms with van der Waals surface area (Å²) in [6.45, 7) is 0.899. The average Bonchev–Trinajstić information content (AvgIpc) is 3.18. The van der Waals surface area contributed by atoms with E-state index < -0.39 is 0 Å². The lowest BCUT2D eigenvalue weighted by atomic mass is 10.1. The Balaban J connectivity index is 1.54. The van der Waals surface area contributed by atoms with E-state index in [1.165, 1.54) is 31.2 Å². The summed E-state index contributed by atoms with van der Waals surface area (Å²) in [5.74, 6) is 1.92. The molecule has 4 heteroatoms. The first-order valence-electron chi connectivity index (χ1n) is 7.76. The predicted molar refractivity (Wildman–Crippen MR) is 84.9 cm³/mol. The maximum Gasteiger partial charge on any atom is 0.203 e. The number of ether oxygens (including phenoxy) is 1. The summed E-state index contributed by atoms with van der Waals surface area (Å²) in [6, 6.07) is 8.88. The van der Waals surface area contributed by atoms with E-state index in [4.69, 9.17) is 4.74 Å². The summed E-state index contributed by atoms with van der Waals surface area (Å²) in [4.78, 5) is 4.45. The van der Waals surface area contributed by atoms with Gasteiger partial charge in [0, 0.05) is 25.0 Å². The van der Waals surface area contributed by atoms with Crippen molar-refractivity contribution in [2.45, 2.75) is 38.1 Å². The molecule has 1 aromatic carbocycles. The topological polar surface area (TPSA) is 39.1 Å². The van der Waals surface area contributed by atoms with Crippen LogP contribution in [0.5, 0.6) is 5.75 Å². The number of aromatic nitrogens is 2. The van der Waals surface area contributed by atoms with Crippen molar-refractivity contribution in [3.8, 4) is 5.75 Å². The van der Waals surface area contributed by atoms with E-state index in [2.05, 4.69) is 33.2 Å². The standard InChI is InChI=1S/C17H23N3O/c1-21-16-8-6-14(7-9-16)10-11-18-17-19-12-13-20(17)15-4-2-3-5-15/h6-9,12-13,15H,2-5,10-11H2,1H3,(H,18,19). The van der Waals surface area contributed by atoms with Crippen LogP contribution in [0.2, 0.25) is 0 Å². The van der Waals surface area contributed by atoms with Gasteiger partial charge in [0.15, 0.2) is 0 Å². The van der Waals surface area contributed by atoms with Crippen molar-refractivity contribution in [2.75, 3.05) is 19.0 Å². The average molecular weight is 285 g/mol. The number of nitrogens with zero attached hydrogens (tertiary/aromatic N) is 2. The van der Waals surface area contributed by atoms with Gasteiger partial charge in [-0.3, -0.25) is 0 Å². The fourth-order valence-corrected chi connectivity index (χ4v) is 3.04. The molecule has 112 valence electrons. The van der Waals surface area contributed by atoms with Gasteiger partial charge in [0.1, 0.15) is 5.75 Å². The van der Waals surface area contributed by atoms with Crippen LogP contribution in [0.4, 0.5) is 5.95 Å². The Morgan fingerprint density at radius 2 is 2.00 bits per heavy atom. The predicted octanol–water partition coefficient (Wildman–Crippen LogP) is 3.66. The third kappa shape index (κ3) is 3.38. The molecule has 0 amide bonds. The zero-order chi connectivity index (χ0) is 14.5. The molecule has 0 spiro atoms. The van der Waals surface area contributed by atoms with Gasteiger partial charge < -0.3 is 14.6 Å². The van der Waals surface area contributed by atoms with Crippen molar-refractivity contribution in [1.82, 2.24) is 9.55 Å². The number of methoxy groups -OCH3 is 1. The van der Waals surface area contributed by atoms with Crippen molar-refractivity contribution in [1.29, 1.82) is 0 Å². The first-order chi connectivity index (χ1) is 10.4. The van der Waals surface area contributed by atoms with Crippen LogP contribution in [-0.2, 0) is 6.42 Å². The first-order valence-corrected chi connectivity index (χ1v) is 7.76. The normalized spacial score (nSPS) is 15.3. The lowest BCUT2D eigenvalue weighted by molar-refractivity contribution is 0.414. The third-order valence-electron chi connectivity index (χ3n) is 4.24. The second-order valence-corrected chi connectivity index (χ2v) is 5.62. The van der Waals surface area contributed by atoms with E-state index in [1.807, 2.05) is 18.3 Å². The van der Waals surface area contributed by atoms with E-state index in [1.54, 1.807) is 7.11 Å². The van der Waals surface area contributed by atoms with Crippen LogP contribution in [0.15, 0.2) is 36.7 Å². The molecule has 0 bridgehead atoms. The van der Waals surface area contributed by atoms with Gasteiger partial charge in [-0.15, -0.1) is 0 Å². The molecule has 1 fully saturated rings. The summed E-state index contributed by atoms with van der Waals surface area (Å²) in [6.07, 6.45) is 10.2. The summed E-state index contributed by atoms with van der Waals surface area (Å²) in [7, 11) is 1.69. The number of rotatable bonds is 6. The molecule has 4 nitrogen and oxygen atoms in total. The van der Waals surface area contributed by atoms with Crippen LogP contribution in [0.3, 0.4) is 0 Å². The first kappa shape index (κ1) is 14.0. The van der Waals surface area contributed by atoms with Gasteiger partial charge in [0.2, 0.25) is 5.95 Å². The van der Waals surface area contributed by atoms with Crippen molar-refractivity contribution in [2.24, 2.45) is 0 Å². The number of nitrogens with one attached hydrogen (secondary N) is 1. The van der Waals surface area contributed by atoms with Crippen LogP contribution in [-0.4, -0.2) is 23.2 Å². The number of imidazole rings is 1. The molecule has 1 aromatic heterocycles. The Morgan fingerprint density at radius 3 is 2.71 bits per heavy atom. The van der Waals surface area contributed by atoms with Crippen molar-refractivity contribution >= 4 is 5.95 Å². The number of hydrogen-bond donors (Lipinski definition) is 1. The van der Waals surface area contributed by atoms with Crippen LogP contribution < -0.4 is 10.1 Å². The molecule has 1 N–H and O–H groups in total. The molecule has 0 saturated heterocycles. The largest absolute Gasteiger partial charge is 0.497 e. The molecule has 3 rings (SSSR count). The van der Waals surface area contributed by atoms with Crippen LogP contribution in [0.25, 0.3) is 0 Å². The van der Waals surface area contributed by atoms with Gasteiger partial charge in [-0.05, 0) is 37.0 Å². The number of hydrogen-bond acceptors (Lipinski definition) is 3. The molecule has 0 unspecified atom stereocenters.